The predicted octanol–water partition coefficient (Wildman–Crippen LogP) is 21.3. The van der Waals surface area contributed by atoms with Gasteiger partial charge in [0.05, 0.1) is 0 Å². The molecule has 0 bridgehead atoms. The average Bonchev–Trinajstić information content (AvgIpc) is 3.40. The first-order chi connectivity index (χ1) is 36.5. The van der Waals surface area contributed by atoms with Crippen LogP contribution in [0.1, 0.15) is 297 Å². The van der Waals surface area contributed by atoms with Crippen LogP contribution in [0.2, 0.25) is 0 Å². The van der Waals surface area contributed by atoms with Crippen LogP contribution in [-0.4, -0.2) is 37.2 Å². The van der Waals surface area contributed by atoms with Gasteiger partial charge in [-0.05, 0) is 96.3 Å². The van der Waals surface area contributed by atoms with Crippen LogP contribution in [-0.2, 0) is 28.6 Å². The lowest BCUT2D eigenvalue weighted by Crippen LogP contribution is -2.30. The molecule has 0 saturated carbocycles. The third-order valence-electron chi connectivity index (χ3n) is 13.3. The monoisotopic (exact) mass is 1030 g/mol. The van der Waals surface area contributed by atoms with Gasteiger partial charge in [0.1, 0.15) is 13.2 Å². The minimum absolute atomic E-state index is 0.0796. The van der Waals surface area contributed by atoms with Crippen molar-refractivity contribution in [2.75, 3.05) is 13.2 Å². The molecule has 1 unspecified atom stereocenters. The quantitative estimate of drug-likeness (QED) is 0.0261. The Kier molecular flexibility index (Phi) is 58.8. The number of ether oxygens (including phenoxy) is 3. The Bertz CT molecular complexity index is 1460. The van der Waals surface area contributed by atoms with Gasteiger partial charge in [0.25, 0.3) is 0 Å². The second kappa shape index (κ2) is 61.9. The Hall–Kier alpha value is -3.67. The van der Waals surface area contributed by atoms with Crippen molar-refractivity contribution in [2.45, 2.75) is 303 Å². The number of allylic oxidation sites excluding steroid dienone is 16. The Labute approximate surface area is 457 Å². The molecule has 6 nitrogen and oxygen atoms in total. The average molecular weight is 1030 g/mol. The first-order valence-corrected chi connectivity index (χ1v) is 31.2. The summed E-state index contributed by atoms with van der Waals surface area (Å²) in [6.07, 6.45) is 82.7. The number of hydrogen-bond donors (Lipinski definition) is 0. The summed E-state index contributed by atoms with van der Waals surface area (Å²) in [5.74, 6) is -0.884. The summed E-state index contributed by atoms with van der Waals surface area (Å²) >= 11 is 0. The minimum Gasteiger partial charge on any atom is -0.462 e. The van der Waals surface area contributed by atoms with Gasteiger partial charge in [-0.1, -0.05) is 279 Å². The molecule has 0 aliphatic carbocycles. The normalized spacial score (nSPS) is 12.7. The fraction of sp³-hybridized carbons (Fsp3) is 0.721. The highest BCUT2D eigenvalue weighted by molar-refractivity contribution is 5.71. The van der Waals surface area contributed by atoms with Gasteiger partial charge in [-0.15, -0.1) is 0 Å². The number of esters is 3. The van der Waals surface area contributed by atoms with Crippen molar-refractivity contribution in [2.24, 2.45) is 0 Å². The summed E-state index contributed by atoms with van der Waals surface area (Å²) in [5, 5.41) is 0. The third-order valence-corrected chi connectivity index (χ3v) is 13.3. The maximum absolute atomic E-state index is 12.9. The third kappa shape index (κ3) is 59.2. The molecule has 0 N–H and O–H groups in total. The number of rotatable bonds is 56. The van der Waals surface area contributed by atoms with Gasteiger partial charge in [-0.2, -0.15) is 0 Å². The van der Waals surface area contributed by atoms with E-state index in [9.17, 15) is 14.4 Å². The van der Waals surface area contributed by atoms with E-state index < -0.39 is 6.10 Å². The molecule has 0 aliphatic rings. The zero-order chi connectivity index (χ0) is 53.6. The summed E-state index contributed by atoms with van der Waals surface area (Å²) in [4.78, 5) is 38.2. The van der Waals surface area contributed by atoms with E-state index in [0.717, 1.165) is 116 Å². The van der Waals surface area contributed by atoms with Crippen LogP contribution in [0.3, 0.4) is 0 Å². The fourth-order valence-corrected chi connectivity index (χ4v) is 8.72. The highest BCUT2D eigenvalue weighted by atomic mass is 16.6. The second-order valence-electron chi connectivity index (χ2n) is 20.6. The van der Waals surface area contributed by atoms with E-state index in [-0.39, 0.29) is 31.1 Å². The SMILES string of the molecule is CC/C=C\C/C=C\C/C=C\C/C=C\C/C=C\CCCCCCCCCCCCCC(=O)OCC(COC(=O)CCCCCCCCCCCCCC)OC(=O)CCCCCCCCC/C=C\C/C=C\C/C=C\CC. The minimum atomic E-state index is -0.783. The highest BCUT2D eigenvalue weighted by Crippen LogP contribution is 2.16. The van der Waals surface area contributed by atoms with E-state index in [1.54, 1.807) is 0 Å². The standard InChI is InChI=1S/C68H116O6/c1-4-7-10-13-16-19-22-25-27-29-30-31-32-33-34-35-36-37-38-40-41-43-46-49-52-55-58-61-67(70)73-64-65(63-72-66(69)60-57-54-51-48-45-24-21-18-15-12-9-6-3)74-68(71)62-59-56-53-50-47-44-42-39-28-26-23-20-17-14-11-8-5-2/h7-8,10-11,16-17,19-20,25-28,30-31,33-34,65H,4-6,9,12-15,18,21-24,29,32,35-64H2,1-3H3/b10-7-,11-8-,19-16-,20-17-,27-25-,28-26-,31-30-,34-33-. The van der Waals surface area contributed by atoms with E-state index >= 15 is 0 Å². The molecule has 1 atom stereocenters. The highest BCUT2D eigenvalue weighted by Gasteiger charge is 2.19. The Balaban J connectivity index is 4.28. The Morgan fingerprint density at radius 2 is 0.527 bits per heavy atom. The molecule has 0 spiro atoms. The zero-order valence-corrected chi connectivity index (χ0v) is 48.6. The van der Waals surface area contributed by atoms with Gasteiger partial charge >= 0.3 is 17.9 Å². The second-order valence-corrected chi connectivity index (χ2v) is 20.6. The van der Waals surface area contributed by atoms with E-state index in [1.165, 1.54) is 141 Å². The van der Waals surface area contributed by atoms with Crippen molar-refractivity contribution >= 4 is 17.9 Å². The van der Waals surface area contributed by atoms with Crippen molar-refractivity contribution in [1.82, 2.24) is 0 Å². The Morgan fingerprint density at radius 1 is 0.284 bits per heavy atom. The maximum Gasteiger partial charge on any atom is 0.306 e. The lowest BCUT2D eigenvalue weighted by atomic mass is 10.0. The molecule has 0 radical (unpaired) electrons. The van der Waals surface area contributed by atoms with E-state index in [0.29, 0.717) is 19.3 Å². The van der Waals surface area contributed by atoms with E-state index in [2.05, 4.69) is 118 Å². The molecule has 0 aromatic carbocycles. The van der Waals surface area contributed by atoms with Crippen molar-refractivity contribution < 1.29 is 28.6 Å². The molecule has 0 saturated heterocycles. The van der Waals surface area contributed by atoms with E-state index in [4.69, 9.17) is 14.2 Å². The van der Waals surface area contributed by atoms with Gasteiger partial charge < -0.3 is 14.2 Å². The summed E-state index contributed by atoms with van der Waals surface area (Å²) < 4.78 is 16.9. The van der Waals surface area contributed by atoms with Crippen LogP contribution in [0, 0.1) is 0 Å². The smallest absolute Gasteiger partial charge is 0.306 e. The number of carbonyl (C=O) groups excluding carboxylic acids is 3. The summed E-state index contributed by atoms with van der Waals surface area (Å²) in [7, 11) is 0. The molecule has 0 aliphatic heterocycles. The molecule has 0 fully saturated rings. The molecule has 0 amide bonds. The number of hydrogen-bond acceptors (Lipinski definition) is 6. The number of unbranched alkanes of at least 4 members (excludes halogenated alkanes) is 29. The van der Waals surface area contributed by atoms with Crippen LogP contribution in [0.5, 0.6) is 0 Å². The predicted molar refractivity (Wildman–Crippen MR) is 320 cm³/mol. The molecule has 74 heavy (non-hydrogen) atoms. The summed E-state index contributed by atoms with van der Waals surface area (Å²) in [6.45, 7) is 6.42. The Morgan fingerprint density at radius 3 is 0.824 bits per heavy atom. The molecular weight excluding hydrogens is 913 g/mol. The van der Waals surface area contributed by atoms with Gasteiger partial charge in [0.15, 0.2) is 6.10 Å². The van der Waals surface area contributed by atoms with Gasteiger partial charge in [0, 0.05) is 19.3 Å². The zero-order valence-electron chi connectivity index (χ0n) is 48.6. The lowest BCUT2D eigenvalue weighted by Gasteiger charge is -2.18. The molecule has 0 rings (SSSR count). The molecule has 6 heteroatoms. The van der Waals surface area contributed by atoms with Crippen LogP contribution in [0.15, 0.2) is 97.2 Å². The number of carbonyl (C=O) groups is 3. The molecule has 424 valence electrons. The van der Waals surface area contributed by atoms with Gasteiger partial charge in [0.2, 0.25) is 0 Å². The molecule has 0 aromatic rings. The first-order valence-electron chi connectivity index (χ1n) is 31.2. The summed E-state index contributed by atoms with van der Waals surface area (Å²) in [6, 6.07) is 0. The van der Waals surface area contributed by atoms with Crippen LogP contribution in [0.25, 0.3) is 0 Å². The first kappa shape index (κ1) is 70.3. The molecular formula is C68H116O6. The van der Waals surface area contributed by atoms with Crippen LogP contribution >= 0.6 is 0 Å². The van der Waals surface area contributed by atoms with E-state index in [1.807, 2.05) is 0 Å². The largest absolute Gasteiger partial charge is 0.462 e. The van der Waals surface area contributed by atoms with Crippen molar-refractivity contribution in [1.29, 1.82) is 0 Å². The van der Waals surface area contributed by atoms with Gasteiger partial charge in [-0.25, -0.2) is 0 Å². The van der Waals surface area contributed by atoms with Crippen molar-refractivity contribution in [3.8, 4) is 0 Å². The molecule has 0 aromatic heterocycles. The lowest BCUT2D eigenvalue weighted by molar-refractivity contribution is -0.167. The van der Waals surface area contributed by atoms with Crippen LogP contribution < -0.4 is 0 Å². The van der Waals surface area contributed by atoms with Crippen molar-refractivity contribution in [3.05, 3.63) is 97.2 Å². The van der Waals surface area contributed by atoms with Crippen molar-refractivity contribution in [3.63, 3.8) is 0 Å². The molecule has 0 heterocycles. The van der Waals surface area contributed by atoms with Gasteiger partial charge in [-0.3, -0.25) is 14.4 Å². The summed E-state index contributed by atoms with van der Waals surface area (Å²) in [5.41, 5.74) is 0. The fourth-order valence-electron chi connectivity index (χ4n) is 8.72. The maximum atomic E-state index is 12.9. The van der Waals surface area contributed by atoms with Crippen LogP contribution in [0.4, 0.5) is 0 Å². The topological polar surface area (TPSA) is 78.9 Å².